The summed E-state index contributed by atoms with van der Waals surface area (Å²) in [5.41, 5.74) is 1.13. The molecular weight excluding hydrogens is 386 g/mol. The summed E-state index contributed by atoms with van der Waals surface area (Å²) in [6.07, 6.45) is 3.40. The second kappa shape index (κ2) is 10.6. The molecule has 7 nitrogen and oxygen atoms in total. The molecular formula is C21H32ClN7. The molecule has 0 aliphatic carbocycles. The van der Waals surface area contributed by atoms with Crippen molar-refractivity contribution in [2.45, 2.75) is 52.2 Å². The van der Waals surface area contributed by atoms with E-state index in [2.05, 4.69) is 55.2 Å². The Labute approximate surface area is 178 Å². The number of likely N-dealkylation sites (N-methyl/N-ethyl adjacent to an activating group) is 1. The molecule has 8 heteroatoms. The minimum absolute atomic E-state index is 0.165. The number of halogens is 1. The lowest BCUT2D eigenvalue weighted by molar-refractivity contribution is 0.219. The van der Waals surface area contributed by atoms with E-state index >= 15 is 0 Å². The first-order chi connectivity index (χ1) is 14.2. The van der Waals surface area contributed by atoms with Crippen molar-refractivity contribution in [3.8, 4) is 0 Å². The van der Waals surface area contributed by atoms with Crippen molar-refractivity contribution in [2.24, 2.45) is 4.99 Å². The minimum Gasteiger partial charge on any atom is -0.354 e. The van der Waals surface area contributed by atoms with E-state index in [-0.39, 0.29) is 6.04 Å². The maximum absolute atomic E-state index is 6.50. The Kier molecular flexibility index (Phi) is 7.89. The number of aromatic nitrogens is 3. The largest absolute Gasteiger partial charge is 0.354 e. The first-order valence-electron chi connectivity index (χ1n) is 10.5. The molecule has 29 heavy (non-hydrogen) atoms. The molecule has 1 aliphatic heterocycles. The van der Waals surface area contributed by atoms with Crippen molar-refractivity contribution in [3.05, 3.63) is 46.5 Å². The molecule has 2 N–H and O–H groups in total. The Morgan fingerprint density at radius 1 is 1.21 bits per heavy atom. The van der Waals surface area contributed by atoms with E-state index in [9.17, 15) is 0 Å². The molecule has 158 valence electrons. The Morgan fingerprint density at radius 2 is 2.00 bits per heavy atom. The van der Waals surface area contributed by atoms with E-state index < -0.39 is 0 Å². The van der Waals surface area contributed by atoms with Gasteiger partial charge in [-0.2, -0.15) is 0 Å². The molecule has 1 aromatic carbocycles. The number of aryl methyl sites for hydroxylation is 1. The van der Waals surface area contributed by atoms with Crippen LogP contribution in [0.5, 0.6) is 0 Å². The second-order valence-corrected chi connectivity index (χ2v) is 7.61. The molecule has 1 aliphatic rings. The Hall–Kier alpha value is -2.12. The van der Waals surface area contributed by atoms with Crippen LogP contribution in [0.4, 0.5) is 0 Å². The van der Waals surface area contributed by atoms with Crippen molar-refractivity contribution >= 4 is 17.6 Å². The third kappa shape index (κ3) is 5.28. The summed E-state index contributed by atoms with van der Waals surface area (Å²) >= 11 is 6.50. The molecule has 3 rings (SSSR count). The van der Waals surface area contributed by atoms with Gasteiger partial charge in [0.2, 0.25) is 0 Å². The van der Waals surface area contributed by atoms with Crippen molar-refractivity contribution in [2.75, 3.05) is 26.7 Å². The highest BCUT2D eigenvalue weighted by Gasteiger charge is 2.21. The number of rotatable bonds is 8. The van der Waals surface area contributed by atoms with Crippen molar-refractivity contribution in [1.82, 2.24) is 30.3 Å². The first-order valence-corrected chi connectivity index (χ1v) is 10.9. The summed E-state index contributed by atoms with van der Waals surface area (Å²) in [7, 11) is 1.79. The molecule has 0 bridgehead atoms. The normalized spacial score (nSPS) is 15.3. The molecule has 1 unspecified atom stereocenters. The van der Waals surface area contributed by atoms with Crippen LogP contribution in [0.15, 0.2) is 29.3 Å². The van der Waals surface area contributed by atoms with Crippen LogP contribution in [-0.4, -0.2) is 52.3 Å². The summed E-state index contributed by atoms with van der Waals surface area (Å²) in [6, 6.07) is 8.23. The summed E-state index contributed by atoms with van der Waals surface area (Å²) in [5, 5.41) is 16.3. The van der Waals surface area contributed by atoms with E-state index in [0.29, 0.717) is 13.1 Å². The number of nitrogens with zero attached hydrogens (tertiary/aromatic N) is 5. The van der Waals surface area contributed by atoms with E-state index in [1.807, 2.05) is 18.2 Å². The van der Waals surface area contributed by atoms with Gasteiger partial charge in [0.05, 0.1) is 12.6 Å². The van der Waals surface area contributed by atoms with Gasteiger partial charge in [-0.05, 0) is 37.6 Å². The Balaban J connectivity index is 1.64. The zero-order valence-corrected chi connectivity index (χ0v) is 18.4. The Bertz CT molecular complexity index is 813. The second-order valence-electron chi connectivity index (χ2n) is 7.21. The van der Waals surface area contributed by atoms with Crippen LogP contribution in [-0.2, 0) is 19.5 Å². The minimum atomic E-state index is 0.165. The Morgan fingerprint density at radius 3 is 2.72 bits per heavy atom. The molecule has 0 saturated heterocycles. The van der Waals surface area contributed by atoms with Crippen LogP contribution in [0.25, 0.3) is 0 Å². The van der Waals surface area contributed by atoms with Crippen molar-refractivity contribution < 1.29 is 0 Å². The molecule has 0 spiro atoms. The highest BCUT2D eigenvalue weighted by Crippen LogP contribution is 2.27. The molecule has 0 radical (unpaired) electrons. The average molecular weight is 418 g/mol. The molecule has 0 saturated carbocycles. The molecule has 1 aromatic heterocycles. The van der Waals surface area contributed by atoms with Gasteiger partial charge in [-0.25, -0.2) is 0 Å². The van der Waals surface area contributed by atoms with Crippen molar-refractivity contribution in [1.29, 1.82) is 0 Å². The third-order valence-electron chi connectivity index (χ3n) is 5.55. The van der Waals surface area contributed by atoms with Crippen LogP contribution >= 0.6 is 11.6 Å². The van der Waals surface area contributed by atoms with Gasteiger partial charge < -0.3 is 15.2 Å². The van der Waals surface area contributed by atoms with Crippen molar-refractivity contribution in [3.63, 3.8) is 0 Å². The number of hydrogen-bond acceptors (Lipinski definition) is 4. The maximum Gasteiger partial charge on any atom is 0.191 e. The topological polar surface area (TPSA) is 70.4 Å². The number of fused-ring (bicyclic) bond motifs is 1. The fourth-order valence-electron chi connectivity index (χ4n) is 3.92. The predicted octanol–water partition coefficient (Wildman–Crippen LogP) is 3.02. The highest BCUT2D eigenvalue weighted by atomic mass is 35.5. The van der Waals surface area contributed by atoms with Crippen LogP contribution in [0, 0.1) is 0 Å². The summed E-state index contributed by atoms with van der Waals surface area (Å²) in [5.74, 6) is 2.81. The van der Waals surface area contributed by atoms with Gasteiger partial charge in [-0.3, -0.25) is 9.89 Å². The molecule has 0 fully saturated rings. The zero-order valence-electron chi connectivity index (χ0n) is 17.7. The fourth-order valence-corrected chi connectivity index (χ4v) is 4.18. The average Bonchev–Trinajstić information content (AvgIpc) is 3.17. The van der Waals surface area contributed by atoms with Crippen LogP contribution in [0.1, 0.15) is 49.9 Å². The highest BCUT2D eigenvalue weighted by molar-refractivity contribution is 6.31. The van der Waals surface area contributed by atoms with Gasteiger partial charge in [0, 0.05) is 31.6 Å². The lowest BCUT2D eigenvalue weighted by Crippen LogP contribution is -2.43. The monoisotopic (exact) mass is 417 g/mol. The van der Waals surface area contributed by atoms with Gasteiger partial charge in [-0.1, -0.05) is 43.6 Å². The predicted molar refractivity (Wildman–Crippen MR) is 118 cm³/mol. The molecule has 1 atom stereocenters. The number of hydrogen-bond donors (Lipinski definition) is 2. The number of aliphatic imine (C=N–C) groups is 1. The van der Waals surface area contributed by atoms with Gasteiger partial charge in [0.25, 0.3) is 0 Å². The van der Waals surface area contributed by atoms with Gasteiger partial charge in [0.1, 0.15) is 5.82 Å². The van der Waals surface area contributed by atoms with E-state index in [1.54, 1.807) is 7.05 Å². The smallest absolute Gasteiger partial charge is 0.191 e. The third-order valence-corrected chi connectivity index (χ3v) is 5.90. The van der Waals surface area contributed by atoms with E-state index in [1.165, 1.54) is 12.8 Å². The van der Waals surface area contributed by atoms with E-state index in [4.69, 9.17) is 11.6 Å². The van der Waals surface area contributed by atoms with Gasteiger partial charge >= 0.3 is 0 Å². The van der Waals surface area contributed by atoms with Gasteiger partial charge in [0.15, 0.2) is 11.8 Å². The maximum atomic E-state index is 6.50. The number of guanidine groups is 1. The van der Waals surface area contributed by atoms with Crippen LogP contribution in [0.2, 0.25) is 5.02 Å². The van der Waals surface area contributed by atoms with Gasteiger partial charge in [-0.15, -0.1) is 10.2 Å². The standard InChI is InChI=1S/C21H32ClN7/c1-4-28(5-2)18(16-10-6-7-11-17(16)22)14-24-21(23-3)25-15-20-27-26-19-12-8-9-13-29(19)20/h6-7,10-11,18H,4-5,8-9,12-15H2,1-3H3,(H2,23,24,25). The number of benzene rings is 1. The zero-order chi connectivity index (χ0) is 20.6. The molecule has 0 amide bonds. The summed E-state index contributed by atoms with van der Waals surface area (Å²) in [6.45, 7) is 8.57. The number of nitrogens with one attached hydrogen (secondary N) is 2. The first kappa shape index (κ1) is 21.6. The van der Waals surface area contributed by atoms with Crippen LogP contribution in [0.3, 0.4) is 0 Å². The van der Waals surface area contributed by atoms with E-state index in [0.717, 1.165) is 54.2 Å². The lowest BCUT2D eigenvalue weighted by Gasteiger charge is -2.31. The SMILES string of the molecule is CCN(CC)C(CNC(=NC)NCc1nnc2n1CCCC2)c1ccccc1Cl. The van der Waals surface area contributed by atoms with Crippen LogP contribution < -0.4 is 10.6 Å². The fraction of sp³-hybridized carbons (Fsp3) is 0.571. The lowest BCUT2D eigenvalue weighted by atomic mass is 10.0. The molecule has 2 heterocycles. The molecule has 2 aromatic rings. The summed E-state index contributed by atoms with van der Waals surface area (Å²) < 4.78 is 2.23. The quantitative estimate of drug-likeness (QED) is 0.510. The summed E-state index contributed by atoms with van der Waals surface area (Å²) in [4.78, 5) is 6.78.